The number of carbonyl (C=O) groups excluding carboxylic acids is 1. The summed E-state index contributed by atoms with van der Waals surface area (Å²) in [5.41, 5.74) is 1.57. The number of benzene rings is 2. The lowest BCUT2D eigenvalue weighted by molar-refractivity contribution is -0.112. The van der Waals surface area contributed by atoms with E-state index in [2.05, 4.69) is 31.4 Å². The predicted octanol–water partition coefficient (Wildman–Crippen LogP) is 5.22. The highest BCUT2D eigenvalue weighted by atomic mass is 79.9. The number of nitriles is 1. The number of para-hydroxylation sites is 1. The van der Waals surface area contributed by atoms with Crippen LogP contribution in [0.1, 0.15) is 10.7 Å². The Morgan fingerprint density at radius 2 is 1.91 bits per heavy atom. The summed E-state index contributed by atoms with van der Waals surface area (Å²) in [6.07, 6.45) is 3.41. The van der Waals surface area contributed by atoms with Gasteiger partial charge in [0.2, 0.25) is 5.13 Å². The Kier molecular flexibility index (Phi) is 6.75. The number of carbonyl (C=O) groups is 1. The Balaban J connectivity index is 1.45. The van der Waals surface area contributed by atoms with Gasteiger partial charge in [0, 0.05) is 22.1 Å². The van der Waals surface area contributed by atoms with E-state index in [-0.39, 0.29) is 12.2 Å². The van der Waals surface area contributed by atoms with Crippen molar-refractivity contribution in [2.24, 2.45) is 0 Å². The number of nitrogens with zero attached hydrogens (tertiary/aromatic N) is 4. The molecule has 4 rings (SSSR count). The fourth-order valence-electron chi connectivity index (χ4n) is 2.83. The van der Waals surface area contributed by atoms with E-state index in [1.807, 2.05) is 83.6 Å². The number of amides is 1. The maximum atomic E-state index is 12.6. The number of rotatable bonds is 7. The zero-order valence-corrected chi connectivity index (χ0v) is 19.0. The highest BCUT2D eigenvalue weighted by Gasteiger charge is 2.14. The summed E-state index contributed by atoms with van der Waals surface area (Å²) >= 11 is 4.61. The minimum absolute atomic E-state index is 0.0423. The summed E-state index contributed by atoms with van der Waals surface area (Å²) in [4.78, 5) is 12.6. The minimum atomic E-state index is -0.553. The first-order chi connectivity index (χ1) is 15.6. The van der Waals surface area contributed by atoms with Crippen molar-refractivity contribution in [1.29, 1.82) is 5.26 Å². The largest absolute Gasteiger partial charge is 0.486 e. The van der Waals surface area contributed by atoms with Gasteiger partial charge in [-0.15, -0.1) is 10.2 Å². The van der Waals surface area contributed by atoms with Gasteiger partial charge in [0.1, 0.15) is 24.0 Å². The first-order valence-electron chi connectivity index (χ1n) is 9.49. The van der Waals surface area contributed by atoms with E-state index >= 15 is 0 Å². The highest BCUT2D eigenvalue weighted by molar-refractivity contribution is 9.10. The molecule has 2 aromatic carbocycles. The molecule has 32 heavy (non-hydrogen) atoms. The topological polar surface area (TPSA) is 92.8 Å². The van der Waals surface area contributed by atoms with Crippen LogP contribution < -0.4 is 10.1 Å². The van der Waals surface area contributed by atoms with E-state index in [0.717, 1.165) is 15.9 Å². The van der Waals surface area contributed by atoms with Gasteiger partial charge in [-0.25, -0.2) is 0 Å². The normalized spacial score (nSPS) is 11.1. The number of nitrogens with one attached hydrogen (secondary N) is 1. The molecule has 0 spiro atoms. The van der Waals surface area contributed by atoms with Crippen molar-refractivity contribution in [3.8, 4) is 17.5 Å². The van der Waals surface area contributed by atoms with E-state index in [4.69, 9.17) is 4.74 Å². The number of aromatic nitrogens is 3. The van der Waals surface area contributed by atoms with E-state index in [1.54, 1.807) is 0 Å². The minimum Gasteiger partial charge on any atom is -0.486 e. The van der Waals surface area contributed by atoms with Gasteiger partial charge in [-0.3, -0.25) is 10.1 Å². The molecule has 0 atom stereocenters. The van der Waals surface area contributed by atoms with Crippen molar-refractivity contribution >= 4 is 44.4 Å². The van der Waals surface area contributed by atoms with Crippen LogP contribution in [0, 0.1) is 11.3 Å². The quantitative estimate of drug-likeness (QED) is 0.274. The van der Waals surface area contributed by atoms with Crippen LogP contribution in [0.15, 0.2) is 83.0 Å². The molecule has 0 fully saturated rings. The van der Waals surface area contributed by atoms with Gasteiger partial charge in [0.05, 0.1) is 0 Å². The molecule has 9 heteroatoms. The van der Waals surface area contributed by atoms with Crippen LogP contribution in [-0.4, -0.2) is 20.7 Å². The van der Waals surface area contributed by atoms with Gasteiger partial charge >= 0.3 is 0 Å². The molecule has 158 valence electrons. The van der Waals surface area contributed by atoms with Gasteiger partial charge < -0.3 is 9.30 Å². The molecule has 0 aliphatic carbocycles. The number of hydrogen-bond donors (Lipinski definition) is 1. The SMILES string of the molecule is N#C/C(=C/c1cccn1-c1ccc(Br)cc1)C(=O)Nc1nnc(COc2ccccc2)s1. The van der Waals surface area contributed by atoms with E-state index in [1.165, 1.54) is 17.4 Å². The van der Waals surface area contributed by atoms with Crippen LogP contribution in [0.5, 0.6) is 5.75 Å². The molecule has 1 amide bonds. The molecule has 4 aromatic rings. The maximum Gasteiger partial charge on any atom is 0.268 e. The second-order valence-electron chi connectivity index (χ2n) is 6.51. The third-order valence-corrected chi connectivity index (χ3v) is 5.68. The lowest BCUT2D eigenvalue weighted by Crippen LogP contribution is -2.13. The molecule has 7 nitrogen and oxygen atoms in total. The maximum absolute atomic E-state index is 12.6. The van der Waals surface area contributed by atoms with Crippen LogP contribution in [0.25, 0.3) is 11.8 Å². The van der Waals surface area contributed by atoms with Crippen molar-refractivity contribution in [3.63, 3.8) is 0 Å². The fraction of sp³-hybridized carbons (Fsp3) is 0.0435. The number of halogens is 1. The number of hydrogen-bond acceptors (Lipinski definition) is 6. The molecule has 0 bridgehead atoms. The molecule has 0 aliphatic rings. The second kappa shape index (κ2) is 10.0. The molecule has 0 saturated carbocycles. The van der Waals surface area contributed by atoms with Crippen LogP contribution in [-0.2, 0) is 11.4 Å². The molecular weight excluding hydrogens is 490 g/mol. The van der Waals surface area contributed by atoms with Crippen LogP contribution >= 0.6 is 27.3 Å². The molecule has 0 unspecified atom stereocenters. The summed E-state index contributed by atoms with van der Waals surface area (Å²) in [5, 5.41) is 21.1. The molecule has 2 aromatic heterocycles. The third kappa shape index (κ3) is 5.29. The highest BCUT2D eigenvalue weighted by Crippen LogP contribution is 2.21. The van der Waals surface area contributed by atoms with E-state index in [9.17, 15) is 10.1 Å². The van der Waals surface area contributed by atoms with Crippen LogP contribution in [0.4, 0.5) is 5.13 Å². The van der Waals surface area contributed by atoms with Crippen LogP contribution in [0.2, 0.25) is 0 Å². The summed E-state index contributed by atoms with van der Waals surface area (Å²) in [7, 11) is 0. The van der Waals surface area contributed by atoms with Crippen molar-refractivity contribution in [2.45, 2.75) is 6.61 Å². The summed E-state index contributed by atoms with van der Waals surface area (Å²) in [6.45, 7) is 0.235. The second-order valence-corrected chi connectivity index (χ2v) is 8.48. The van der Waals surface area contributed by atoms with Crippen molar-refractivity contribution in [2.75, 3.05) is 5.32 Å². The van der Waals surface area contributed by atoms with Crippen molar-refractivity contribution < 1.29 is 9.53 Å². The van der Waals surface area contributed by atoms with Crippen LogP contribution in [0.3, 0.4) is 0 Å². The molecular formula is C23H16BrN5O2S. The zero-order valence-electron chi connectivity index (χ0n) is 16.6. The van der Waals surface area contributed by atoms with E-state index < -0.39 is 5.91 Å². The van der Waals surface area contributed by atoms with Crippen molar-refractivity contribution in [3.05, 3.63) is 93.7 Å². The number of anilines is 1. The van der Waals surface area contributed by atoms with Gasteiger partial charge in [-0.05, 0) is 54.6 Å². The van der Waals surface area contributed by atoms with Gasteiger partial charge in [-0.2, -0.15) is 5.26 Å². The number of ether oxygens (including phenoxy) is 1. The molecule has 0 aliphatic heterocycles. The monoisotopic (exact) mass is 505 g/mol. The first-order valence-corrected chi connectivity index (χ1v) is 11.1. The van der Waals surface area contributed by atoms with Gasteiger partial charge in [0.25, 0.3) is 5.91 Å². The first kappa shape index (κ1) is 21.5. The Bertz CT molecular complexity index is 1290. The molecule has 2 heterocycles. The Morgan fingerprint density at radius 1 is 1.12 bits per heavy atom. The fourth-order valence-corrected chi connectivity index (χ4v) is 3.75. The third-order valence-electron chi connectivity index (χ3n) is 4.34. The lowest BCUT2D eigenvalue weighted by atomic mass is 10.2. The van der Waals surface area contributed by atoms with Gasteiger partial charge in [-0.1, -0.05) is 45.5 Å². The zero-order chi connectivity index (χ0) is 22.3. The Morgan fingerprint density at radius 3 is 2.66 bits per heavy atom. The molecule has 0 radical (unpaired) electrons. The standard InChI is InChI=1S/C23H16BrN5O2S/c24-17-8-10-18(11-9-17)29-12-4-5-19(29)13-16(14-25)22(30)26-23-28-27-21(32-23)15-31-20-6-2-1-3-7-20/h1-13H,15H2,(H,26,28,30)/b16-13-. The summed E-state index contributed by atoms with van der Waals surface area (Å²) < 4.78 is 8.49. The smallest absolute Gasteiger partial charge is 0.268 e. The summed E-state index contributed by atoms with van der Waals surface area (Å²) in [5.74, 6) is 0.166. The predicted molar refractivity (Wildman–Crippen MR) is 126 cm³/mol. The molecule has 0 saturated heterocycles. The Hall–Kier alpha value is -3.74. The van der Waals surface area contributed by atoms with E-state index in [0.29, 0.717) is 15.8 Å². The average Bonchev–Trinajstić information content (AvgIpc) is 3.46. The Labute approximate surface area is 196 Å². The lowest BCUT2D eigenvalue weighted by Gasteiger charge is -2.07. The molecule has 1 N–H and O–H groups in total. The summed E-state index contributed by atoms with van der Waals surface area (Å²) in [6, 6.07) is 22.7. The average molecular weight is 506 g/mol. The van der Waals surface area contributed by atoms with Gasteiger partial charge in [0.15, 0.2) is 5.01 Å². The van der Waals surface area contributed by atoms with Crippen molar-refractivity contribution in [1.82, 2.24) is 14.8 Å².